The zero-order chi connectivity index (χ0) is 38.7. The molecular formula is C38H31F5N4O7. The smallest absolute Gasteiger partial charge is 0.416 e. The lowest BCUT2D eigenvalue weighted by molar-refractivity contribution is -0.138. The molecule has 0 spiro atoms. The Morgan fingerprint density at radius 3 is 1.78 bits per heavy atom. The van der Waals surface area contributed by atoms with Gasteiger partial charge in [-0.2, -0.15) is 22.0 Å². The fourth-order valence-corrected chi connectivity index (χ4v) is 5.19. The molecule has 2 aromatic heterocycles. The Labute approximate surface area is 304 Å². The summed E-state index contributed by atoms with van der Waals surface area (Å²) < 4.78 is 89.1. The summed E-state index contributed by atoms with van der Waals surface area (Å²) in [5.41, 5.74) is 1.90. The van der Waals surface area contributed by atoms with Gasteiger partial charge >= 0.3 is 12.8 Å². The van der Waals surface area contributed by atoms with Crippen molar-refractivity contribution in [2.45, 2.75) is 25.6 Å². The third-order valence-electron chi connectivity index (χ3n) is 7.53. The van der Waals surface area contributed by atoms with Crippen LogP contribution in [0.4, 0.5) is 33.3 Å². The molecule has 0 unspecified atom stereocenters. The van der Waals surface area contributed by atoms with Crippen LogP contribution < -0.4 is 24.8 Å². The van der Waals surface area contributed by atoms with Crippen LogP contribution in [0.25, 0.3) is 22.6 Å². The van der Waals surface area contributed by atoms with Crippen molar-refractivity contribution < 1.29 is 54.6 Å². The molecule has 280 valence electrons. The monoisotopic (exact) mass is 750 g/mol. The maximum atomic E-state index is 13.0. The number of carbonyl (C=O) groups is 2. The molecule has 0 bridgehead atoms. The van der Waals surface area contributed by atoms with E-state index in [1.54, 1.807) is 54.7 Å². The minimum atomic E-state index is -4.52. The van der Waals surface area contributed by atoms with Gasteiger partial charge < -0.3 is 33.7 Å². The highest BCUT2D eigenvalue weighted by Gasteiger charge is 2.33. The fraction of sp³-hybridized carbons (Fsp3) is 0.158. The quantitative estimate of drug-likeness (QED) is 0.118. The van der Waals surface area contributed by atoms with Crippen LogP contribution in [0.1, 0.15) is 16.7 Å². The summed E-state index contributed by atoms with van der Waals surface area (Å²) in [7, 11) is 2.97. The van der Waals surface area contributed by atoms with Crippen molar-refractivity contribution >= 4 is 23.2 Å². The number of methoxy groups -OCH3 is 2. The van der Waals surface area contributed by atoms with Gasteiger partial charge in [0.25, 0.3) is 0 Å². The zero-order valence-electron chi connectivity index (χ0n) is 28.5. The Morgan fingerprint density at radius 2 is 1.28 bits per heavy atom. The molecule has 0 saturated carbocycles. The van der Waals surface area contributed by atoms with Crippen molar-refractivity contribution in [2.24, 2.45) is 0 Å². The Balaban J connectivity index is 0.000000208. The van der Waals surface area contributed by atoms with E-state index in [-0.39, 0.29) is 23.6 Å². The molecule has 2 N–H and O–H groups in total. The van der Waals surface area contributed by atoms with Crippen LogP contribution in [0.3, 0.4) is 0 Å². The van der Waals surface area contributed by atoms with E-state index in [4.69, 9.17) is 18.3 Å². The molecule has 2 heterocycles. The van der Waals surface area contributed by atoms with Gasteiger partial charge in [0.05, 0.1) is 56.1 Å². The van der Waals surface area contributed by atoms with Gasteiger partial charge in [0.15, 0.2) is 24.3 Å². The molecule has 16 heteroatoms. The molecule has 0 aliphatic carbocycles. The summed E-state index contributed by atoms with van der Waals surface area (Å²) >= 11 is 0. The number of nitrogens with zero attached hydrogens (tertiary/aromatic N) is 2. The second-order valence-corrected chi connectivity index (χ2v) is 11.2. The third-order valence-corrected chi connectivity index (χ3v) is 7.53. The lowest BCUT2D eigenvalue weighted by Gasteiger charge is -2.13. The van der Waals surface area contributed by atoms with Crippen molar-refractivity contribution in [3.63, 3.8) is 0 Å². The van der Waals surface area contributed by atoms with Crippen molar-refractivity contribution in [1.82, 2.24) is 9.97 Å². The van der Waals surface area contributed by atoms with Gasteiger partial charge in [0.2, 0.25) is 11.8 Å². The first kappa shape index (κ1) is 38.5. The van der Waals surface area contributed by atoms with E-state index >= 15 is 0 Å². The molecular weight excluding hydrogens is 719 g/mol. The highest BCUT2D eigenvalue weighted by atomic mass is 19.4. The highest BCUT2D eigenvalue weighted by molar-refractivity contribution is 5.94. The van der Waals surface area contributed by atoms with Crippen molar-refractivity contribution in [1.29, 1.82) is 0 Å². The fourth-order valence-electron chi connectivity index (χ4n) is 5.19. The topological polar surface area (TPSA) is 138 Å². The Kier molecular flexibility index (Phi) is 12.6. The van der Waals surface area contributed by atoms with Gasteiger partial charge in [0.1, 0.15) is 17.2 Å². The van der Waals surface area contributed by atoms with Crippen molar-refractivity contribution in [2.75, 3.05) is 24.9 Å². The number of oxazole rings is 2. The van der Waals surface area contributed by atoms with E-state index in [1.807, 2.05) is 0 Å². The largest absolute Gasteiger partial charge is 0.496 e. The molecule has 0 atom stereocenters. The Morgan fingerprint density at radius 1 is 0.722 bits per heavy atom. The van der Waals surface area contributed by atoms with Gasteiger partial charge in [-0.1, -0.05) is 30.3 Å². The lowest BCUT2D eigenvalue weighted by Crippen LogP contribution is -2.18. The molecule has 6 aromatic rings. The Hall–Kier alpha value is -6.71. The molecule has 11 nitrogen and oxygen atoms in total. The molecule has 0 fully saturated rings. The average molecular weight is 751 g/mol. The maximum Gasteiger partial charge on any atom is 0.416 e. The van der Waals surface area contributed by atoms with Crippen LogP contribution in [-0.4, -0.2) is 42.6 Å². The van der Waals surface area contributed by atoms with E-state index in [2.05, 4.69) is 25.3 Å². The molecule has 6 rings (SSSR count). The average Bonchev–Trinajstić information content (AvgIpc) is 3.87. The summed E-state index contributed by atoms with van der Waals surface area (Å²) in [6, 6.07) is 20.9. The number of benzene rings is 4. The zero-order valence-corrected chi connectivity index (χ0v) is 28.5. The summed E-state index contributed by atoms with van der Waals surface area (Å²) in [6.45, 7) is -2.91. The Bertz CT molecular complexity index is 2160. The van der Waals surface area contributed by atoms with Gasteiger partial charge in [-0.3, -0.25) is 9.59 Å². The first-order valence-electron chi connectivity index (χ1n) is 15.9. The summed E-state index contributed by atoms with van der Waals surface area (Å²) in [4.78, 5) is 32.2. The predicted molar refractivity (Wildman–Crippen MR) is 186 cm³/mol. The van der Waals surface area contributed by atoms with Crippen LogP contribution in [0.5, 0.6) is 17.2 Å². The maximum absolute atomic E-state index is 13.0. The number of amides is 2. The van der Waals surface area contributed by atoms with Crippen molar-refractivity contribution in [3.05, 3.63) is 127 Å². The number of anilines is 2. The SMILES string of the molecule is COc1cc(NC(=O)Cc2cccc(OC(F)F)c2)ccc1-c1cnco1.COc1cc(NC(=O)Cc2ccccc2C(F)(F)F)ccc1-c1cnco1. The molecule has 0 aliphatic rings. The van der Waals surface area contributed by atoms with E-state index < -0.39 is 30.7 Å². The number of hydrogen-bond donors (Lipinski definition) is 2. The second kappa shape index (κ2) is 17.7. The predicted octanol–water partition coefficient (Wildman–Crippen LogP) is 8.68. The van der Waals surface area contributed by atoms with Gasteiger partial charge in [-0.05, 0) is 53.6 Å². The van der Waals surface area contributed by atoms with Gasteiger partial charge in [-0.15, -0.1) is 0 Å². The first-order chi connectivity index (χ1) is 25.9. The van der Waals surface area contributed by atoms with Crippen LogP contribution in [-0.2, 0) is 28.6 Å². The van der Waals surface area contributed by atoms with Gasteiger partial charge in [-0.25, -0.2) is 9.97 Å². The number of nitrogens with one attached hydrogen (secondary N) is 2. The molecule has 2 amide bonds. The van der Waals surface area contributed by atoms with Crippen LogP contribution in [0.15, 0.2) is 119 Å². The van der Waals surface area contributed by atoms with Crippen LogP contribution in [0.2, 0.25) is 0 Å². The lowest BCUT2D eigenvalue weighted by atomic mass is 10.0. The molecule has 0 aliphatic heterocycles. The number of carbonyl (C=O) groups excluding carboxylic acids is 2. The van der Waals surface area contributed by atoms with Crippen molar-refractivity contribution in [3.8, 4) is 39.9 Å². The molecule has 0 saturated heterocycles. The number of hydrogen-bond acceptors (Lipinski definition) is 9. The minimum Gasteiger partial charge on any atom is -0.496 e. The second-order valence-electron chi connectivity index (χ2n) is 11.2. The van der Waals surface area contributed by atoms with Gasteiger partial charge in [0, 0.05) is 23.5 Å². The number of halogens is 5. The highest BCUT2D eigenvalue weighted by Crippen LogP contribution is 2.35. The number of aromatic nitrogens is 2. The van der Waals surface area contributed by atoms with Crippen LogP contribution >= 0.6 is 0 Å². The molecule has 54 heavy (non-hydrogen) atoms. The van der Waals surface area contributed by atoms with E-state index in [1.165, 1.54) is 63.5 Å². The summed E-state index contributed by atoms with van der Waals surface area (Å²) in [5, 5.41) is 5.33. The molecule has 0 radical (unpaired) electrons. The number of ether oxygens (including phenoxy) is 3. The minimum absolute atomic E-state index is 0.00656. The normalized spacial score (nSPS) is 11.0. The van der Waals surface area contributed by atoms with E-state index in [0.29, 0.717) is 51.1 Å². The van der Waals surface area contributed by atoms with E-state index in [0.717, 1.165) is 6.07 Å². The molecule has 4 aromatic carbocycles. The third kappa shape index (κ3) is 10.4. The van der Waals surface area contributed by atoms with E-state index in [9.17, 15) is 31.5 Å². The first-order valence-corrected chi connectivity index (χ1v) is 15.9. The van der Waals surface area contributed by atoms with Crippen LogP contribution in [0, 0.1) is 0 Å². The summed E-state index contributed by atoms with van der Waals surface area (Å²) in [6.07, 6.45) is 0.765. The number of rotatable bonds is 12. The standard InChI is InChI=1S/C19H15F3N2O3.C19H16F2N2O4/c1-26-16-9-13(6-7-14(16)17-10-23-11-27-17)24-18(25)8-12-4-2-3-5-15(12)19(20,21)22;1-25-16-9-13(5-6-15(16)17-10-22-11-26-17)23-18(24)8-12-3-2-4-14(7-12)27-19(20)21/h2-7,9-11H,8H2,1H3,(H,24,25);2-7,9-11,19H,8H2,1H3,(H,23,24). The number of alkyl halides is 5. The summed E-state index contributed by atoms with van der Waals surface area (Å²) in [5.74, 6) is 1.11.